The highest BCUT2D eigenvalue weighted by Crippen LogP contribution is 2.40. The molecule has 2 heterocycles. The Kier molecular flexibility index (Phi) is 5.69. The molecule has 1 fully saturated rings. The van der Waals surface area contributed by atoms with Crippen molar-refractivity contribution in [2.24, 2.45) is 0 Å². The molecule has 0 radical (unpaired) electrons. The topological polar surface area (TPSA) is 73.0 Å². The van der Waals surface area contributed by atoms with Crippen LogP contribution in [0.4, 0.5) is 17.1 Å². The Morgan fingerprint density at radius 1 is 1.00 bits per heavy atom. The zero-order valence-electron chi connectivity index (χ0n) is 19.5. The van der Waals surface area contributed by atoms with Crippen molar-refractivity contribution >= 4 is 45.6 Å². The van der Waals surface area contributed by atoms with E-state index in [4.69, 9.17) is 0 Å². The van der Waals surface area contributed by atoms with Crippen molar-refractivity contribution in [3.05, 3.63) is 66.2 Å². The smallest absolute Gasteiger partial charge is 0.253 e. The summed E-state index contributed by atoms with van der Waals surface area (Å²) in [5, 5.41) is 4.97. The summed E-state index contributed by atoms with van der Waals surface area (Å²) < 4.78 is 0. The summed E-state index contributed by atoms with van der Waals surface area (Å²) >= 11 is 0. The van der Waals surface area contributed by atoms with E-state index in [-0.39, 0.29) is 30.3 Å². The molecule has 0 saturated carbocycles. The summed E-state index contributed by atoms with van der Waals surface area (Å²) in [7, 11) is 3.39. The van der Waals surface area contributed by atoms with Gasteiger partial charge in [-0.1, -0.05) is 36.4 Å². The van der Waals surface area contributed by atoms with Gasteiger partial charge in [-0.25, -0.2) is 0 Å². The number of amides is 3. The van der Waals surface area contributed by atoms with Crippen LogP contribution in [0.1, 0.15) is 29.6 Å². The van der Waals surface area contributed by atoms with Gasteiger partial charge in [-0.05, 0) is 48.9 Å². The number of rotatable bonds is 4. The Morgan fingerprint density at radius 2 is 1.79 bits per heavy atom. The zero-order chi connectivity index (χ0) is 23.8. The second kappa shape index (κ2) is 8.82. The highest BCUT2D eigenvalue weighted by atomic mass is 16.2. The van der Waals surface area contributed by atoms with Crippen LogP contribution in [0.15, 0.2) is 60.7 Å². The molecule has 3 aromatic carbocycles. The van der Waals surface area contributed by atoms with Gasteiger partial charge in [0.25, 0.3) is 5.91 Å². The number of nitrogens with zero attached hydrogens (tertiary/aromatic N) is 3. The van der Waals surface area contributed by atoms with E-state index in [0.717, 1.165) is 42.3 Å². The van der Waals surface area contributed by atoms with Crippen molar-refractivity contribution in [3.63, 3.8) is 0 Å². The molecule has 0 aromatic heterocycles. The summed E-state index contributed by atoms with van der Waals surface area (Å²) in [5.74, 6) is -0.504. The first-order valence-electron chi connectivity index (χ1n) is 11.7. The van der Waals surface area contributed by atoms with Crippen LogP contribution in [0.5, 0.6) is 0 Å². The maximum atomic E-state index is 13.5. The SMILES string of the molecule is CN(C)C(=O)c1ccc2c(c1)N(CC(=O)Nc1cccc3ccccc13)C(=O)[C@H]1CCCCN21. The molecule has 1 N–H and O–H groups in total. The first-order valence-corrected chi connectivity index (χ1v) is 11.7. The minimum absolute atomic E-state index is 0.0882. The fraction of sp³-hybridized carbons (Fsp3) is 0.296. The van der Waals surface area contributed by atoms with Crippen LogP contribution in [0.3, 0.4) is 0 Å². The summed E-state index contributed by atoms with van der Waals surface area (Å²) in [6.45, 7) is 0.680. The van der Waals surface area contributed by atoms with E-state index >= 15 is 0 Å². The van der Waals surface area contributed by atoms with Crippen LogP contribution >= 0.6 is 0 Å². The van der Waals surface area contributed by atoms with E-state index < -0.39 is 0 Å². The summed E-state index contributed by atoms with van der Waals surface area (Å²) in [4.78, 5) is 44.5. The summed E-state index contributed by atoms with van der Waals surface area (Å²) in [6, 6.07) is 18.8. The molecule has 7 nitrogen and oxygen atoms in total. The molecule has 3 amide bonds. The van der Waals surface area contributed by atoms with Gasteiger partial charge in [0, 0.05) is 37.3 Å². The second-order valence-electron chi connectivity index (χ2n) is 9.11. The maximum absolute atomic E-state index is 13.5. The van der Waals surface area contributed by atoms with E-state index in [1.54, 1.807) is 31.1 Å². The number of hydrogen-bond donors (Lipinski definition) is 1. The van der Waals surface area contributed by atoms with Crippen LogP contribution in [-0.2, 0) is 9.59 Å². The zero-order valence-corrected chi connectivity index (χ0v) is 19.5. The molecule has 34 heavy (non-hydrogen) atoms. The number of anilines is 3. The van der Waals surface area contributed by atoms with E-state index in [0.29, 0.717) is 16.9 Å². The van der Waals surface area contributed by atoms with Gasteiger partial charge in [0.1, 0.15) is 12.6 Å². The van der Waals surface area contributed by atoms with E-state index in [9.17, 15) is 14.4 Å². The molecule has 3 aromatic rings. The third-order valence-electron chi connectivity index (χ3n) is 6.65. The number of fused-ring (bicyclic) bond motifs is 4. The Labute approximate surface area is 198 Å². The standard InChI is InChI=1S/C27H28N4O3/c1-29(2)26(33)19-13-14-22-24(16-19)31(27(34)23-12-5-6-15-30(22)23)17-25(32)28-21-11-7-9-18-8-3-4-10-20(18)21/h3-4,7-11,13-14,16,23H,5-6,12,15,17H2,1-2H3,(H,28,32)/t23-/m1/s1. The summed E-state index contributed by atoms with van der Waals surface area (Å²) in [6.07, 6.45) is 2.76. The van der Waals surface area contributed by atoms with E-state index in [1.165, 1.54) is 4.90 Å². The van der Waals surface area contributed by atoms with Gasteiger partial charge >= 0.3 is 0 Å². The second-order valence-corrected chi connectivity index (χ2v) is 9.11. The van der Waals surface area contributed by atoms with Crippen molar-refractivity contribution in [1.29, 1.82) is 0 Å². The lowest BCUT2D eigenvalue weighted by Gasteiger charge is -2.45. The third kappa shape index (κ3) is 3.87. The number of carbonyl (C=O) groups excluding carboxylic acids is 3. The van der Waals surface area contributed by atoms with Crippen molar-refractivity contribution < 1.29 is 14.4 Å². The van der Waals surface area contributed by atoms with Crippen LogP contribution < -0.4 is 15.1 Å². The Balaban J connectivity index is 1.48. The lowest BCUT2D eigenvalue weighted by atomic mass is 9.95. The van der Waals surface area contributed by atoms with Gasteiger partial charge in [0.15, 0.2) is 0 Å². The molecule has 0 aliphatic carbocycles. The molecule has 174 valence electrons. The first-order chi connectivity index (χ1) is 16.4. The van der Waals surface area contributed by atoms with Gasteiger partial charge in [0.05, 0.1) is 11.4 Å². The van der Waals surface area contributed by atoms with Crippen LogP contribution in [0.25, 0.3) is 10.8 Å². The number of piperidine rings is 1. The molecule has 5 rings (SSSR count). The van der Waals surface area contributed by atoms with Crippen LogP contribution in [-0.4, -0.2) is 55.8 Å². The normalized spacial score (nSPS) is 17.2. The Bertz CT molecular complexity index is 1280. The molecule has 2 aliphatic rings. The number of nitrogens with one attached hydrogen (secondary N) is 1. The van der Waals surface area contributed by atoms with Gasteiger partial charge in [-0.3, -0.25) is 19.3 Å². The molecule has 1 saturated heterocycles. The van der Waals surface area contributed by atoms with Crippen LogP contribution in [0.2, 0.25) is 0 Å². The molecule has 1 atom stereocenters. The quantitative estimate of drug-likeness (QED) is 0.647. The highest BCUT2D eigenvalue weighted by molar-refractivity contribution is 6.12. The third-order valence-corrected chi connectivity index (χ3v) is 6.65. The number of hydrogen-bond acceptors (Lipinski definition) is 4. The first kappa shape index (κ1) is 21.9. The highest BCUT2D eigenvalue weighted by Gasteiger charge is 2.40. The number of benzene rings is 3. The minimum atomic E-state index is -0.276. The largest absolute Gasteiger partial charge is 0.358 e. The lowest BCUT2D eigenvalue weighted by Crippen LogP contribution is -2.56. The van der Waals surface area contributed by atoms with Gasteiger partial charge < -0.3 is 15.1 Å². The fourth-order valence-corrected chi connectivity index (χ4v) is 4.98. The predicted octanol–water partition coefficient (Wildman–Crippen LogP) is 3.89. The van der Waals surface area contributed by atoms with Crippen molar-refractivity contribution in [2.75, 3.05) is 42.3 Å². The fourth-order valence-electron chi connectivity index (χ4n) is 4.98. The van der Waals surface area contributed by atoms with E-state index in [1.807, 2.05) is 48.5 Å². The van der Waals surface area contributed by atoms with Crippen molar-refractivity contribution in [2.45, 2.75) is 25.3 Å². The molecule has 0 spiro atoms. The molecule has 0 unspecified atom stereocenters. The minimum Gasteiger partial charge on any atom is -0.358 e. The number of carbonyl (C=O) groups is 3. The van der Waals surface area contributed by atoms with Crippen LogP contribution in [0, 0.1) is 0 Å². The molecular weight excluding hydrogens is 428 g/mol. The average Bonchev–Trinajstić information content (AvgIpc) is 2.86. The summed E-state index contributed by atoms with van der Waals surface area (Å²) in [5.41, 5.74) is 2.72. The van der Waals surface area contributed by atoms with E-state index in [2.05, 4.69) is 10.2 Å². The average molecular weight is 457 g/mol. The predicted molar refractivity (Wildman–Crippen MR) is 134 cm³/mol. The maximum Gasteiger partial charge on any atom is 0.253 e. The lowest BCUT2D eigenvalue weighted by molar-refractivity contribution is -0.123. The van der Waals surface area contributed by atoms with Gasteiger partial charge in [-0.15, -0.1) is 0 Å². The van der Waals surface area contributed by atoms with Crippen molar-refractivity contribution in [1.82, 2.24) is 4.90 Å². The molecule has 7 heteroatoms. The molecule has 2 aliphatic heterocycles. The van der Waals surface area contributed by atoms with Gasteiger partial charge in [0.2, 0.25) is 11.8 Å². The Hall–Kier alpha value is -3.87. The van der Waals surface area contributed by atoms with Crippen molar-refractivity contribution in [3.8, 4) is 0 Å². The monoisotopic (exact) mass is 456 g/mol. The molecular formula is C27H28N4O3. The Morgan fingerprint density at radius 3 is 2.62 bits per heavy atom. The molecule has 0 bridgehead atoms. The van der Waals surface area contributed by atoms with Gasteiger partial charge in [-0.2, -0.15) is 0 Å².